The molecule has 1 N–H and O–H groups in total. The highest BCUT2D eigenvalue weighted by molar-refractivity contribution is 5.95. The van der Waals surface area contributed by atoms with Gasteiger partial charge in [-0.25, -0.2) is 4.98 Å². The highest BCUT2D eigenvalue weighted by Crippen LogP contribution is 2.13. The molecule has 1 aromatic heterocycles. The van der Waals surface area contributed by atoms with Gasteiger partial charge in [-0.15, -0.1) is 0 Å². The summed E-state index contributed by atoms with van der Waals surface area (Å²) < 4.78 is 0. The number of hydrogen-bond donors (Lipinski definition) is 1. The minimum Gasteiger partial charge on any atom is -0.373 e. The largest absolute Gasteiger partial charge is 0.373 e. The van der Waals surface area contributed by atoms with E-state index in [0.29, 0.717) is 5.56 Å². The molecule has 1 amide bonds. The molecule has 1 aromatic rings. The van der Waals surface area contributed by atoms with E-state index in [9.17, 15) is 4.79 Å². The average Bonchev–Trinajstić information content (AvgIpc) is 2.42. The summed E-state index contributed by atoms with van der Waals surface area (Å²) >= 11 is 0. The zero-order valence-electron chi connectivity index (χ0n) is 12.4. The number of carbonyl (C=O) groups is 1. The zero-order valence-corrected chi connectivity index (χ0v) is 12.4. The van der Waals surface area contributed by atoms with Crippen LogP contribution in [0.4, 0.5) is 5.82 Å². The fourth-order valence-corrected chi connectivity index (χ4v) is 1.99. The Bertz CT molecular complexity index is 404. The molecule has 0 spiro atoms. The lowest BCUT2D eigenvalue weighted by molar-refractivity contribution is 0.0702. The Morgan fingerprint density at radius 2 is 2.16 bits per heavy atom. The van der Waals surface area contributed by atoms with E-state index in [1.807, 2.05) is 4.90 Å². The molecular formula is C15H25N3O. The predicted octanol–water partition coefficient (Wildman–Crippen LogP) is 3.16. The van der Waals surface area contributed by atoms with E-state index in [1.54, 1.807) is 25.4 Å². The van der Waals surface area contributed by atoms with Crippen LogP contribution in [0.2, 0.25) is 0 Å². The van der Waals surface area contributed by atoms with Crippen molar-refractivity contribution in [2.24, 2.45) is 0 Å². The first-order chi connectivity index (χ1) is 9.10. The van der Waals surface area contributed by atoms with Crippen molar-refractivity contribution in [2.75, 3.05) is 18.9 Å². The number of rotatable bonds is 7. The lowest BCUT2D eigenvalue weighted by Crippen LogP contribution is -2.37. The molecule has 0 aliphatic heterocycles. The van der Waals surface area contributed by atoms with Crippen molar-refractivity contribution in [3.8, 4) is 0 Å². The number of nitrogens with zero attached hydrogens (tertiary/aromatic N) is 2. The van der Waals surface area contributed by atoms with Crippen LogP contribution in [-0.4, -0.2) is 35.4 Å². The number of unbranched alkanes of at least 4 members (excludes halogenated alkanes) is 2. The molecule has 0 unspecified atom stereocenters. The predicted molar refractivity (Wildman–Crippen MR) is 79.5 cm³/mol. The first-order valence-corrected chi connectivity index (χ1v) is 7.05. The Morgan fingerprint density at radius 3 is 2.74 bits per heavy atom. The van der Waals surface area contributed by atoms with Crippen molar-refractivity contribution in [3.05, 3.63) is 23.9 Å². The van der Waals surface area contributed by atoms with E-state index in [1.165, 1.54) is 6.42 Å². The first kappa shape index (κ1) is 15.5. The highest BCUT2D eigenvalue weighted by atomic mass is 16.2. The van der Waals surface area contributed by atoms with Gasteiger partial charge in [0.1, 0.15) is 5.82 Å². The molecule has 0 aliphatic rings. The quantitative estimate of drug-likeness (QED) is 0.769. The van der Waals surface area contributed by atoms with Crippen LogP contribution in [0.5, 0.6) is 0 Å². The van der Waals surface area contributed by atoms with Gasteiger partial charge in [0.15, 0.2) is 0 Å². The number of carbonyl (C=O) groups excluding carboxylic acids is 1. The molecule has 0 aromatic carbocycles. The summed E-state index contributed by atoms with van der Waals surface area (Å²) in [6, 6.07) is 3.80. The second kappa shape index (κ2) is 7.77. The highest BCUT2D eigenvalue weighted by Gasteiger charge is 2.18. The number of hydrogen-bond acceptors (Lipinski definition) is 3. The van der Waals surface area contributed by atoms with Gasteiger partial charge in [-0.3, -0.25) is 4.79 Å². The van der Waals surface area contributed by atoms with Gasteiger partial charge in [0.2, 0.25) is 0 Å². The molecule has 106 valence electrons. The third-order valence-corrected chi connectivity index (χ3v) is 3.15. The Hall–Kier alpha value is -1.58. The molecule has 4 heteroatoms. The van der Waals surface area contributed by atoms with Crippen molar-refractivity contribution in [2.45, 2.75) is 46.1 Å². The monoisotopic (exact) mass is 263 g/mol. The van der Waals surface area contributed by atoms with Crippen LogP contribution in [0.1, 0.15) is 50.4 Å². The lowest BCUT2D eigenvalue weighted by atomic mass is 10.1. The molecule has 0 bridgehead atoms. The normalized spacial score (nSPS) is 10.6. The standard InChI is InChI=1S/C15H25N3O/c1-5-6-7-10-18(12(2)3)15(19)13-8-9-17-14(11-13)16-4/h8-9,11-12H,5-7,10H2,1-4H3,(H,16,17). The van der Waals surface area contributed by atoms with Crippen LogP contribution in [0, 0.1) is 0 Å². The molecule has 4 nitrogen and oxygen atoms in total. The van der Waals surface area contributed by atoms with Crippen LogP contribution in [-0.2, 0) is 0 Å². The maximum Gasteiger partial charge on any atom is 0.254 e. The van der Waals surface area contributed by atoms with Gasteiger partial charge in [-0.05, 0) is 32.4 Å². The molecule has 0 saturated heterocycles. The number of amides is 1. The molecule has 19 heavy (non-hydrogen) atoms. The SMILES string of the molecule is CCCCCN(C(=O)c1ccnc(NC)c1)C(C)C. The molecule has 1 heterocycles. The summed E-state index contributed by atoms with van der Waals surface area (Å²) in [5.41, 5.74) is 0.699. The minimum atomic E-state index is 0.0880. The smallest absolute Gasteiger partial charge is 0.254 e. The van der Waals surface area contributed by atoms with E-state index in [0.717, 1.165) is 25.2 Å². The zero-order chi connectivity index (χ0) is 14.3. The fourth-order valence-electron chi connectivity index (χ4n) is 1.99. The first-order valence-electron chi connectivity index (χ1n) is 7.05. The molecular weight excluding hydrogens is 238 g/mol. The summed E-state index contributed by atoms with van der Waals surface area (Å²) in [6.45, 7) is 7.11. The molecule has 1 rings (SSSR count). The summed E-state index contributed by atoms with van der Waals surface area (Å²) in [7, 11) is 1.80. The van der Waals surface area contributed by atoms with Gasteiger partial charge in [-0.2, -0.15) is 0 Å². The number of aromatic nitrogens is 1. The van der Waals surface area contributed by atoms with Crippen molar-refractivity contribution >= 4 is 11.7 Å². The van der Waals surface area contributed by atoms with Crippen LogP contribution >= 0.6 is 0 Å². The third-order valence-electron chi connectivity index (χ3n) is 3.15. The average molecular weight is 263 g/mol. The Kier molecular flexibility index (Phi) is 6.33. The Balaban J connectivity index is 2.80. The Morgan fingerprint density at radius 1 is 1.42 bits per heavy atom. The van der Waals surface area contributed by atoms with Crippen molar-refractivity contribution in [3.63, 3.8) is 0 Å². The van der Waals surface area contributed by atoms with Gasteiger partial charge in [0, 0.05) is 31.4 Å². The van der Waals surface area contributed by atoms with E-state index < -0.39 is 0 Å². The molecule has 0 aliphatic carbocycles. The second-order valence-electron chi connectivity index (χ2n) is 4.98. The minimum absolute atomic E-state index is 0.0880. The van der Waals surface area contributed by atoms with E-state index in [-0.39, 0.29) is 11.9 Å². The summed E-state index contributed by atoms with van der Waals surface area (Å²) in [5, 5.41) is 2.96. The summed E-state index contributed by atoms with van der Waals surface area (Å²) in [4.78, 5) is 18.6. The third kappa shape index (κ3) is 4.54. The number of nitrogens with one attached hydrogen (secondary N) is 1. The maximum absolute atomic E-state index is 12.5. The van der Waals surface area contributed by atoms with Gasteiger partial charge in [0.25, 0.3) is 5.91 Å². The van der Waals surface area contributed by atoms with Crippen LogP contribution in [0.3, 0.4) is 0 Å². The summed E-state index contributed by atoms with van der Waals surface area (Å²) in [5.74, 6) is 0.813. The lowest BCUT2D eigenvalue weighted by Gasteiger charge is -2.27. The topological polar surface area (TPSA) is 45.2 Å². The number of anilines is 1. The fraction of sp³-hybridized carbons (Fsp3) is 0.600. The molecule has 0 atom stereocenters. The van der Waals surface area contributed by atoms with Crippen LogP contribution in [0.25, 0.3) is 0 Å². The van der Waals surface area contributed by atoms with Gasteiger partial charge in [0.05, 0.1) is 0 Å². The maximum atomic E-state index is 12.5. The molecule has 0 saturated carbocycles. The summed E-state index contributed by atoms with van der Waals surface area (Å²) in [6.07, 6.45) is 5.06. The van der Waals surface area contributed by atoms with E-state index in [2.05, 4.69) is 31.1 Å². The van der Waals surface area contributed by atoms with Gasteiger partial charge in [-0.1, -0.05) is 19.8 Å². The molecule has 0 fully saturated rings. The van der Waals surface area contributed by atoms with Gasteiger partial charge >= 0.3 is 0 Å². The van der Waals surface area contributed by atoms with E-state index >= 15 is 0 Å². The van der Waals surface area contributed by atoms with Crippen molar-refractivity contribution in [1.29, 1.82) is 0 Å². The molecule has 0 radical (unpaired) electrons. The Labute approximate surface area is 116 Å². The number of pyridine rings is 1. The van der Waals surface area contributed by atoms with Crippen molar-refractivity contribution in [1.82, 2.24) is 9.88 Å². The van der Waals surface area contributed by atoms with Gasteiger partial charge < -0.3 is 10.2 Å². The van der Waals surface area contributed by atoms with Crippen molar-refractivity contribution < 1.29 is 4.79 Å². The second-order valence-corrected chi connectivity index (χ2v) is 4.98. The van der Waals surface area contributed by atoms with Crippen LogP contribution in [0.15, 0.2) is 18.3 Å². The van der Waals surface area contributed by atoms with Crippen LogP contribution < -0.4 is 5.32 Å². The van der Waals surface area contributed by atoms with E-state index in [4.69, 9.17) is 0 Å².